The summed E-state index contributed by atoms with van der Waals surface area (Å²) in [5.41, 5.74) is 3.49. The fraction of sp³-hybridized carbons (Fsp3) is 0.200. The van der Waals surface area contributed by atoms with Crippen LogP contribution < -0.4 is 10.6 Å². The van der Waals surface area contributed by atoms with Crippen LogP contribution in [0.3, 0.4) is 0 Å². The summed E-state index contributed by atoms with van der Waals surface area (Å²) >= 11 is 1.14. The van der Waals surface area contributed by atoms with Crippen LogP contribution in [0.2, 0.25) is 0 Å². The van der Waals surface area contributed by atoms with Crippen molar-refractivity contribution in [3.8, 4) is 0 Å². The lowest BCUT2D eigenvalue weighted by Crippen LogP contribution is -2.22. The van der Waals surface area contributed by atoms with Gasteiger partial charge in [0.25, 0.3) is 11.1 Å². The highest BCUT2D eigenvalue weighted by atomic mass is 32.2. The van der Waals surface area contributed by atoms with E-state index in [1.165, 1.54) is 0 Å². The zero-order valence-electron chi connectivity index (χ0n) is 15.6. The van der Waals surface area contributed by atoms with Gasteiger partial charge in [-0.3, -0.25) is 9.59 Å². The molecule has 0 fully saturated rings. The zero-order valence-corrected chi connectivity index (χ0v) is 16.4. The van der Waals surface area contributed by atoms with E-state index in [2.05, 4.69) is 20.8 Å². The Balaban J connectivity index is 1.46. The van der Waals surface area contributed by atoms with Gasteiger partial charge >= 0.3 is 0 Å². The van der Waals surface area contributed by atoms with Gasteiger partial charge in [0.15, 0.2) is 0 Å². The highest BCUT2D eigenvalue weighted by Gasteiger charge is 2.12. The number of amides is 2. The van der Waals surface area contributed by atoms with Gasteiger partial charge in [0.2, 0.25) is 11.8 Å². The molecule has 0 saturated heterocycles. The maximum atomic E-state index is 12.1. The van der Waals surface area contributed by atoms with E-state index in [0.29, 0.717) is 5.56 Å². The Kier molecular flexibility index (Phi) is 6.44. The van der Waals surface area contributed by atoms with Crippen molar-refractivity contribution in [2.45, 2.75) is 25.6 Å². The first-order chi connectivity index (χ1) is 13.5. The van der Waals surface area contributed by atoms with Gasteiger partial charge in [-0.15, -0.1) is 10.2 Å². The van der Waals surface area contributed by atoms with E-state index in [-0.39, 0.29) is 35.2 Å². The van der Waals surface area contributed by atoms with E-state index in [1.807, 2.05) is 38.1 Å². The Labute approximate surface area is 166 Å². The highest BCUT2D eigenvalue weighted by molar-refractivity contribution is 7.99. The summed E-state index contributed by atoms with van der Waals surface area (Å²) in [5.74, 6) is 0.0437. The lowest BCUT2D eigenvalue weighted by molar-refractivity contribution is -0.113. The van der Waals surface area contributed by atoms with E-state index in [9.17, 15) is 9.59 Å². The second-order valence-electron chi connectivity index (χ2n) is 6.17. The van der Waals surface area contributed by atoms with Crippen LogP contribution >= 0.6 is 11.8 Å². The minimum Gasteiger partial charge on any atom is -0.414 e. The Morgan fingerprint density at radius 2 is 1.86 bits per heavy atom. The Hall–Kier alpha value is -3.13. The SMILES string of the molecule is Cc1ccc(NC(=O)CSc2nnc(CNC(=O)c3ccccc3)o2)c(C)c1. The summed E-state index contributed by atoms with van der Waals surface area (Å²) in [6, 6.07) is 14.7. The lowest BCUT2D eigenvalue weighted by Gasteiger charge is -2.08. The van der Waals surface area contributed by atoms with Crippen molar-refractivity contribution < 1.29 is 14.0 Å². The average Bonchev–Trinajstić information content (AvgIpc) is 3.15. The molecule has 8 heteroatoms. The normalized spacial score (nSPS) is 10.5. The molecule has 0 aliphatic carbocycles. The molecule has 28 heavy (non-hydrogen) atoms. The summed E-state index contributed by atoms with van der Waals surface area (Å²) in [6.45, 7) is 4.07. The van der Waals surface area contributed by atoms with Gasteiger partial charge in [-0.2, -0.15) is 0 Å². The number of aromatic nitrogens is 2. The summed E-state index contributed by atoms with van der Waals surface area (Å²) in [6.07, 6.45) is 0. The number of carbonyl (C=O) groups is 2. The van der Waals surface area contributed by atoms with Crippen LogP contribution in [-0.2, 0) is 11.3 Å². The number of anilines is 1. The Morgan fingerprint density at radius 3 is 2.61 bits per heavy atom. The summed E-state index contributed by atoms with van der Waals surface area (Å²) < 4.78 is 5.46. The molecule has 0 aliphatic rings. The van der Waals surface area contributed by atoms with Crippen LogP contribution in [0.4, 0.5) is 5.69 Å². The molecule has 0 unspecified atom stereocenters. The summed E-state index contributed by atoms with van der Waals surface area (Å²) in [4.78, 5) is 24.1. The van der Waals surface area contributed by atoms with Gasteiger partial charge in [0.1, 0.15) is 0 Å². The van der Waals surface area contributed by atoms with Crippen LogP contribution in [0, 0.1) is 13.8 Å². The second kappa shape index (κ2) is 9.18. The topological polar surface area (TPSA) is 97.1 Å². The van der Waals surface area contributed by atoms with Crippen molar-refractivity contribution in [2.75, 3.05) is 11.1 Å². The number of hydrogen-bond acceptors (Lipinski definition) is 6. The van der Waals surface area contributed by atoms with E-state index < -0.39 is 0 Å². The predicted molar refractivity (Wildman–Crippen MR) is 107 cm³/mol. The van der Waals surface area contributed by atoms with E-state index in [1.54, 1.807) is 24.3 Å². The maximum Gasteiger partial charge on any atom is 0.277 e. The number of thioether (sulfide) groups is 1. The largest absolute Gasteiger partial charge is 0.414 e. The van der Waals surface area contributed by atoms with Crippen molar-refractivity contribution in [3.05, 3.63) is 71.1 Å². The zero-order chi connectivity index (χ0) is 19.9. The molecular weight excluding hydrogens is 376 g/mol. The second-order valence-corrected chi connectivity index (χ2v) is 7.09. The molecule has 2 aromatic carbocycles. The van der Waals surface area contributed by atoms with Gasteiger partial charge in [0, 0.05) is 11.3 Å². The van der Waals surface area contributed by atoms with Crippen LogP contribution in [0.5, 0.6) is 0 Å². The third-order valence-corrected chi connectivity index (χ3v) is 4.69. The molecule has 2 amide bonds. The molecule has 0 spiro atoms. The molecule has 3 aromatic rings. The highest BCUT2D eigenvalue weighted by Crippen LogP contribution is 2.19. The first kappa shape index (κ1) is 19.6. The van der Waals surface area contributed by atoms with Crippen LogP contribution in [0.25, 0.3) is 0 Å². The minimum absolute atomic E-state index is 0.121. The molecule has 144 valence electrons. The van der Waals surface area contributed by atoms with Gasteiger partial charge in [-0.05, 0) is 37.6 Å². The molecule has 0 radical (unpaired) electrons. The molecule has 0 aliphatic heterocycles. The fourth-order valence-electron chi connectivity index (χ4n) is 2.48. The van der Waals surface area contributed by atoms with Crippen LogP contribution in [-0.4, -0.2) is 27.8 Å². The molecule has 1 aromatic heterocycles. The standard InChI is InChI=1S/C20H20N4O3S/c1-13-8-9-16(14(2)10-13)22-17(25)12-28-20-24-23-18(27-20)11-21-19(26)15-6-4-3-5-7-15/h3-10H,11-12H2,1-2H3,(H,21,26)(H,22,25). The van der Waals surface area contributed by atoms with Crippen molar-refractivity contribution in [1.82, 2.24) is 15.5 Å². The Morgan fingerprint density at radius 1 is 1.07 bits per heavy atom. The number of nitrogens with zero attached hydrogens (tertiary/aromatic N) is 2. The number of rotatable bonds is 7. The smallest absolute Gasteiger partial charge is 0.277 e. The average molecular weight is 396 g/mol. The number of nitrogens with one attached hydrogen (secondary N) is 2. The third kappa shape index (κ3) is 5.43. The van der Waals surface area contributed by atoms with E-state index in [0.717, 1.165) is 28.6 Å². The Bertz CT molecular complexity index is 973. The monoisotopic (exact) mass is 396 g/mol. The van der Waals surface area contributed by atoms with Crippen molar-refractivity contribution in [3.63, 3.8) is 0 Å². The van der Waals surface area contributed by atoms with Crippen molar-refractivity contribution in [1.29, 1.82) is 0 Å². The van der Waals surface area contributed by atoms with Crippen LogP contribution in [0.1, 0.15) is 27.4 Å². The molecular formula is C20H20N4O3S. The molecule has 7 nitrogen and oxygen atoms in total. The molecule has 1 heterocycles. The number of carbonyl (C=O) groups excluding carboxylic acids is 2. The predicted octanol–water partition coefficient (Wildman–Crippen LogP) is 3.35. The van der Waals surface area contributed by atoms with Gasteiger partial charge in [0.05, 0.1) is 12.3 Å². The lowest BCUT2D eigenvalue weighted by atomic mass is 10.1. The quantitative estimate of drug-likeness (QED) is 0.595. The van der Waals surface area contributed by atoms with Crippen LogP contribution in [0.15, 0.2) is 58.2 Å². The first-order valence-corrected chi connectivity index (χ1v) is 9.65. The minimum atomic E-state index is -0.221. The fourth-order valence-corrected chi connectivity index (χ4v) is 3.06. The van der Waals surface area contributed by atoms with Crippen molar-refractivity contribution in [2.24, 2.45) is 0 Å². The van der Waals surface area contributed by atoms with Gasteiger partial charge in [-0.25, -0.2) is 0 Å². The molecule has 0 bridgehead atoms. The van der Waals surface area contributed by atoms with Crippen molar-refractivity contribution >= 4 is 29.3 Å². The summed E-state index contributed by atoms with van der Waals surface area (Å²) in [5, 5.41) is 13.6. The molecule has 0 atom stereocenters. The molecule has 3 rings (SSSR count). The first-order valence-electron chi connectivity index (χ1n) is 8.67. The van der Waals surface area contributed by atoms with Gasteiger partial charge in [-0.1, -0.05) is 47.7 Å². The maximum absolute atomic E-state index is 12.1. The third-order valence-electron chi connectivity index (χ3n) is 3.87. The van der Waals surface area contributed by atoms with E-state index in [4.69, 9.17) is 4.42 Å². The van der Waals surface area contributed by atoms with Gasteiger partial charge < -0.3 is 15.1 Å². The summed E-state index contributed by atoms with van der Waals surface area (Å²) in [7, 11) is 0. The number of aryl methyl sites for hydroxylation is 2. The number of hydrogen-bond donors (Lipinski definition) is 2. The molecule has 2 N–H and O–H groups in total. The number of benzene rings is 2. The van der Waals surface area contributed by atoms with E-state index >= 15 is 0 Å². The molecule has 0 saturated carbocycles.